The molecule has 5 rings (SSSR count). The highest BCUT2D eigenvalue weighted by molar-refractivity contribution is 7.91. The van der Waals surface area contributed by atoms with E-state index in [9.17, 15) is 13.2 Å². The molecular formula is C21H16ClFN6O5S. The number of nitrogens with two attached hydrogens (primary N) is 1. The molecule has 0 saturated carbocycles. The lowest BCUT2D eigenvalue weighted by Gasteiger charge is -2.24. The number of fused-ring (bicyclic) bond motifs is 1. The van der Waals surface area contributed by atoms with Crippen LogP contribution in [0.2, 0.25) is 5.02 Å². The van der Waals surface area contributed by atoms with Crippen LogP contribution in [-0.2, 0) is 21.2 Å². The van der Waals surface area contributed by atoms with Gasteiger partial charge in [0.1, 0.15) is 5.82 Å². The molecule has 11 nitrogen and oxygen atoms in total. The number of anilines is 1. The number of sulfone groups is 1. The molecule has 3 heterocycles. The third kappa shape index (κ3) is 4.29. The Labute approximate surface area is 202 Å². The first-order valence-corrected chi connectivity index (χ1v) is 12.2. The zero-order valence-corrected chi connectivity index (χ0v) is 19.5. The maximum absolute atomic E-state index is 15.2. The van der Waals surface area contributed by atoms with Gasteiger partial charge in [-0.1, -0.05) is 28.9 Å². The Morgan fingerprint density at radius 2 is 1.91 bits per heavy atom. The lowest BCUT2D eigenvalue weighted by Crippen LogP contribution is -2.45. The van der Waals surface area contributed by atoms with Gasteiger partial charge in [0.25, 0.3) is 17.6 Å². The van der Waals surface area contributed by atoms with Gasteiger partial charge in [0.2, 0.25) is 11.8 Å². The molecule has 0 bridgehead atoms. The number of carbonyl (C=O) groups excluding carboxylic acids is 1. The van der Waals surface area contributed by atoms with E-state index in [1.165, 1.54) is 11.0 Å². The smallest absolute Gasteiger partial charge is 0.289 e. The number of aromatic nitrogens is 4. The lowest BCUT2D eigenvalue weighted by atomic mass is 10.1. The summed E-state index contributed by atoms with van der Waals surface area (Å²) in [6, 6.07) is 7.28. The van der Waals surface area contributed by atoms with E-state index in [1.54, 1.807) is 31.2 Å². The largest absolute Gasteiger partial charge is 0.413 e. The monoisotopic (exact) mass is 518 g/mol. The molecule has 1 aliphatic heterocycles. The van der Waals surface area contributed by atoms with Crippen molar-refractivity contribution in [2.24, 2.45) is 5.73 Å². The summed E-state index contributed by atoms with van der Waals surface area (Å²) in [7, 11) is -4.10. The van der Waals surface area contributed by atoms with Crippen molar-refractivity contribution in [2.45, 2.75) is 24.4 Å². The number of nitrogens with zero attached hydrogens (tertiary/aromatic N) is 5. The Hall–Kier alpha value is -3.68. The van der Waals surface area contributed by atoms with Crippen LogP contribution in [0.25, 0.3) is 23.2 Å². The normalized spacial score (nSPS) is 17.3. The Bertz CT molecular complexity index is 1550. The number of hydrogen-bond donors (Lipinski definition) is 1. The van der Waals surface area contributed by atoms with Gasteiger partial charge in [-0.3, -0.25) is 4.79 Å². The second-order valence-corrected chi connectivity index (χ2v) is 10.2. The van der Waals surface area contributed by atoms with Crippen LogP contribution in [-0.4, -0.2) is 46.5 Å². The summed E-state index contributed by atoms with van der Waals surface area (Å²) < 4.78 is 51.5. The van der Waals surface area contributed by atoms with Crippen LogP contribution >= 0.6 is 11.6 Å². The Morgan fingerprint density at radius 1 is 1.20 bits per heavy atom. The molecule has 0 aliphatic carbocycles. The molecule has 0 spiro atoms. The first-order valence-electron chi connectivity index (χ1n) is 10.1. The van der Waals surface area contributed by atoms with Gasteiger partial charge in [-0.15, -0.1) is 10.2 Å². The van der Waals surface area contributed by atoms with E-state index in [0.29, 0.717) is 10.6 Å². The predicted octanol–water partition coefficient (Wildman–Crippen LogP) is 2.54. The van der Waals surface area contributed by atoms with Crippen molar-refractivity contribution in [1.82, 2.24) is 20.3 Å². The Balaban J connectivity index is 1.64. The molecule has 2 N–H and O–H groups in total. The van der Waals surface area contributed by atoms with Crippen molar-refractivity contribution >= 4 is 33.0 Å². The zero-order valence-electron chi connectivity index (χ0n) is 18.0. The number of aryl methyl sites for hydroxylation is 1. The van der Waals surface area contributed by atoms with Gasteiger partial charge in [-0.2, -0.15) is 4.98 Å². The van der Waals surface area contributed by atoms with Crippen molar-refractivity contribution in [3.8, 4) is 23.2 Å². The van der Waals surface area contributed by atoms with Crippen molar-refractivity contribution in [3.63, 3.8) is 0 Å². The van der Waals surface area contributed by atoms with E-state index >= 15 is 4.39 Å². The summed E-state index contributed by atoms with van der Waals surface area (Å²) in [5.74, 6) is -2.40. The van der Waals surface area contributed by atoms with Crippen LogP contribution in [0.5, 0.6) is 0 Å². The minimum absolute atomic E-state index is 0.00418. The highest BCUT2D eigenvalue weighted by Crippen LogP contribution is 2.37. The van der Waals surface area contributed by atoms with Gasteiger partial charge in [-0.05, 0) is 29.8 Å². The van der Waals surface area contributed by atoms with Gasteiger partial charge < -0.3 is 19.6 Å². The van der Waals surface area contributed by atoms with Gasteiger partial charge in [0, 0.05) is 11.9 Å². The molecule has 180 valence electrons. The predicted molar refractivity (Wildman–Crippen MR) is 120 cm³/mol. The highest BCUT2D eigenvalue weighted by Gasteiger charge is 2.37. The standard InChI is InChI=1S/C21H16ClFN6O5S/c1-10-25-18(28-34-10)20-27-26-19(33-20)13-6-16-17(7-14(13)23)35(31,32)9-15(24)21(30)29(16)8-11-2-4-12(22)5-3-11/h2-7,15H,8-9,24H2,1H3/t15-/m0/s1. The minimum atomic E-state index is -4.10. The number of hydrogen-bond acceptors (Lipinski definition) is 10. The number of amides is 1. The quantitative estimate of drug-likeness (QED) is 0.425. The SMILES string of the molecule is Cc1nc(-c2nnc(-c3cc4c(cc3F)S(=O)(=O)C[C@H](N)C(=O)N4Cc3ccc(Cl)cc3)o2)no1. The molecule has 2 aromatic heterocycles. The summed E-state index contributed by atoms with van der Waals surface area (Å²) in [5, 5.41) is 11.8. The van der Waals surface area contributed by atoms with Crippen LogP contribution in [0.15, 0.2) is 50.2 Å². The number of halogens is 2. The third-order valence-electron chi connectivity index (χ3n) is 5.28. The number of carbonyl (C=O) groups is 1. The molecule has 2 aromatic carbocycles. The first kappa shape index (κ1) is 23.1. The Morgan fingerprint density at radius 3 is 2.60 bits per heavy atom. The van der Waals surface area contributed by atoms with Gasteiger partial charge >= 0.3 is 0 Å². The van der Waals surface area contributed by atoms with E-state index in [0.717, 1.165) is 6.07 Å². The van der Waals surface area contributed by atoms with Crippen LogP contribution in [0, 0.1) is 12.7 Å². The molecule has 1 amide bonds. The summed E-state index contributed by atoms with van der Waals surface area (Å²) in [6.45, 7) is 1.53. The van der Waals surface area contributed by atoms with E-state index in [-0.39, 0.29) is 46.2 Å². The molecule has 0 fully saturated rings. The maximum Gasteiger partial charge on any atom is 0.289 e. The number of benzene rings is 2. The highest BCUT2D eigenvalue weighted by atomic mass is 35.5. The first-order chi connectivity index (χ1) is 16.6. The molecule has 0 radical (unpaired) electrons. The molecule has 4 aromatic rings. The van der Waals surface area contributed by atoms with Crippen molar-refractivity contribution in [2.75, 3.05) is 10.7 Å². The van der Waals surface area contributed by atoms with E-state index in [1.807, 2.05) is 0 Å². The Kier molecular flexibility index (Phi) is 5.62. The fourth-order valence-electron chi connectivity index (χ4n) is 3.63. The molecule has 14 heteroatoms. The van der Waals surface area contributed by atoms with Crippen LogP contribution in [0.1, 0.15) is 11.5 Å². The molecule has 1 aliphatic rings. The molecule has 1 atom stereocenters. The average Bonchev–Trinajstić information content (AvgIpc) is 3.45. The third-order valence-corrected chi connectivity index (χ3v) is 7.33. The van der Waals surface area contributed by atoms with Gasteiger partial charge in [-0.25, -0.2) is 12.8 Å². The fraction of sp³-hybridized carbons (Fsp3) is 0.190. The molecule has 0 saturated heterocycles. The van der Waals surface area contributed by atoms with Gasteiger partial charge in [0.15, 0.2) is 9.84 Å². The summed E-state index contributed by atoms with van der Waals surface area (Å²) in [6.07, 6.45) is 0. The fourth-order valence-corrected chi connectivity index (χ4v) is 5.32. The second-order valence-electron chi connectivity index (χ2n) is 7.79. The minimum Gasteiger partial charge on any atom is -0.413 e. The molecular weight excluding hydrogens is 503 g/mol. The van der Waals surface area contributed by atoms with Crippen molar-refractivity contribution in [3.05, 3.63) is 58.7 Å². The van der Waals surface area contributed by atoms with Crippen LogP contribution in [0.4, 0.5) is 10.1 Å². The molecule has 35 heavy (non-hydrogen) atoms. The molecule has 0 unspecified atom stereocenters. The van der Waals surface area contributed by atoms with Crippen LogP contribution < -0.4 is 10.6 Å². The van der Waals surface area contributed by atoms with E-state index < -0.39 is 33.4 Å². The zero-order chi connectivity index (χ0) is 24.9. The van der Waals surface area contributed by atoms with Crippen molar-refractivity contribution < 1.29 is 26.5 Å². The number of rotatable bonds is 4. The average molecular weight is 519 g/mol. The maximum atomic E-state index is 15.2. The van der Waals surface area contributed by atoms with Crippen molar-refractivity contribution in [1.29, 1.82) is 0 Å². The second kappa shape index (κ2) is 8.52. The van der Waals surface area contributed by atoms with Crippen LogP contribution in [0.3, 0.4) is 0 Å². The summed E-state index contributed by atoms with van der Waals surface area (Å²) in [4.78, 5) is 17.9. The summed E-state index contributed by atoms with van der Waals surface area (Å²) >= 11 is 5.94. The summed E-state index contributed by atoms with van der Waals surface area (Å²) in [5.41, 5.74) is 6.28. The van der Waals surface area contributed by atoms with E-state index in [4.69, 9.17) is 26.3 Å². The topological polar surface area (TPSA) is 158 Å². The van der Waals surface area contributed by atoms with Gasteiger partial charge in [0.05, 0.1) is 34.5 Å². The van der Waals surface area contributed by atoms with E-state index in [2.05, 4.69) is 20.3 Å². The lowest BCUT2D eigenvalue weighted by molar-refractivity contribution is -0.119.